The van der Waals surface area contributed by atoms with Crippen LogP contribution in [0, 0.1) is 6.92 Å². The van der Waals surface area contributed by atoms with Gasteiger partial charge in [0, 0.05) is 23.1 Å². The van der Waals surface area contributed by atoms with Gasteiger partial charge in [0.2, 0.25) is 0 Å². The molecule has 0 atom stereocenters. The van der Waals surface area contributed by atoms with Crippen LogP contribution in [-0.4, -0.2) is 24.1 Å². The highest BCUT2D eigenvalue weighted by Crippen LogP contribution is 2.16. The van der Waals surface area contributed by atoms with Gasteiger partial charge < -0.3 is 4.74 Å². The Hall–Kier alpha value is -3.79. The fourth-order valence-electron chi connectivity index (χ4n) is 3.03. The third-order valence-corrected chi connectivity index (χ3v) is 4.67. The van der Waals surface area contributed by atoms with E-state index in [-0.39, 0.29) is 24.5 Å². The molecule has 4 nitrogen and oxygen atoms in total. The summed E-state index contributed by atoms with van der Waals surface area (Å²) in [5, 5.41) is 0. The Morgan fingerprint density at radius 3 is 1.87 bits per heavy atom. The lowest BCUT2D eigenvalue weighted by atomic mass is 10.0. The number of esters is 1. The summed E-state index contributed by atoms with van der Waals surface area (Å²) in [5.41, 5.74) is 4.18. The lowest BCUT2D eigenvalue weighted by molar-refractivity contribution is -0.138. The Morgan fingerprint density at radius 2 is 1.35 bits per heavy atom. The number of nitrogens with zero attached hydrogens (tertiary/aromatic N) is 1. The van der Waals surface area contributed by atoms with E-state index in [1.807, 2.05) is 79.7 Å². The zero-order valence-electron chi connectivity index (χ0n) is 17.7. The number of ketones is 1. The van der Waals surface area contributed by atoms with Crippen LogP contribution in [0.15, 0.2) is 102 Å². The number of aliphatic imine (C=N–C) groups is 1. The Morgan fingerprint density at radius 1 is 0.806 bits per heavy atom. The zero-order chi connectivity index (χ0) is 22.1. The van der Waals surface area contributed by atoms with Gasteiger partial charge in [-0.2, -0.15) is 0 Å². The van der Waals surface area contributed by atoms with Crippen LogP contribution in [0.25, 0.3) is 0 Å². The highest BCUT2D eigenvalue weighted by molar-refractivity contribution is 6.14. The number of carbonyl (C=O) groups is 2. The quantitative estimate of drug-likeness (QED) is 0.211. The van der Waals surface area contributed by atoms with Gasteiger partial charge >= 0.3 is 5.97 Å². The number of carbonyl (C=O) groups excluding carboxylic acids is 2. The Bertz CT molecular complexity index is 1040. The van der Waals surface area contributed by atoms with Crippen molar-refractivity contribution in [1.82, 2.24) is 0 Å². The van der Waals surface area contributed by atoms with Crippen LogP contribution in [0.5, 0.6) is 0 Å². The van der Waals surface area contributed by atoms with E-state index in [0.29, 0.717) is 11.3 Å². The average molecular weight is 412 g/mol. The number of ether oxygens (including phenoxy) is 1. The molecule has 156 valence electrons. The molecule has 0 radical (unpaired) electrons. The van der Waals surface area contributed by atoms with Crippen molar-refractivity contribution in [3.8, 4) is 0 Å². The lowest BCUT2D eigenvalue weighted by Crippen LogP contribution is -2.11. The maximum Gasteiger partial charge on any atom is 0.356 e. The molecule has 0 aliphatic heterocycles. The molecule has 0 bridgehead atoms. The third-order valence-electron chi connectivity index (χ3n) is 4.67. The highest BCUT2D eigenvalue weighted by atomic mass is 16.5. The van der Waals surface area contributed by atoms with Crippen molar-refractivity contribution in [3.05, 3.63) is 119 Å². The second kappa shape index (κ2) is 10.8. The molecular weight excluding hydrogens is 386 g/mol. The smallest absolute Gasteiger partial charge is 0.356 e. The number of hydrogen-bond donors (Lipinski definition) is 0. The first-order valence-corrected chi connectivity index (χ1v) is 10.2. The minimum absolute atomic E-state index is 0.0531. The van der Waals surface area contributed by atoms with Crippen molar-refractivity contribution in [1.29, 1.82) is 0 Å². The molecule has 0 heterocycles. The fraction of sp³-hybridized carbons (Fsp3) is 0.148. The molecule has 3 aromatic rings. The molecule has 0 N–H and O–H groups in total. The normalized spacial score (nSPS) is 11.0. The van der Waals surface area contributed by atoms with Gasteiger partial charge in [0.15, 0.2) is 5.78 Å². The number of aryl methyl sites for hydroxylation is 1. The zero-order valence-corrected chi connectivity index (χ0v) is 17.7. The first-order valence-electron chi connectivity index (χ1n) is 10.2. The summed E-state index contributed by atoms with van der Waals surface area (Å²) >= 11 is 0. The first kappa shape index (κ1) is 21.9. The van der Waals surface area contributed by atoms with Crippen LogP contribution in [0.2, 0.25) is 0 Å². The van der Waals surface area contributed by atoms with Gasteiger partial charge in [0.05, 0.1) is 12.3 Å². The molecular formula is C27H25NO3. The van der Waals surface area contributed by atoms with Gasteiger partial charge in [0.25, 0.3) is 0 Å². The summed E-state index contributed by atoms with van der Waals surface area (Å²) in [4.78, 5) is 29.9. The third kappa shape index (κ3) is 6.09. The van der Waals surface area contributed by atoms with Gasteiger partial charge in [-0.1, -0.05) is 90.5 Å². The Labute approximate surface area is 182 Å². The van der Waals surface area contributed by atoms with Gasteiger partial charge in [-0.25, -0.2) is 9.79 Å². The summed E-state index contributed by atoms with van der Waals surface area (Å²) in [6.45, 7) is 3.94. The average Bonchev–Trinajstić information content (AvgIpc) is 2.81. The SMILES string of the molecule is CCOC(=O)/C(=C\CC(=O)c1ccc(C)cc1)N=C(c1ccccc1)c1ccccc1. The largest absolute Gasteiger partial charge is 0.461 e. The van der Waals surface area contributed by atoms with E-state index in [1.165, 1.54) is 0 Å². The molecule has 3 rings (SSSR count). The summed E-state index contributed by atoms with van der Waals surface area (Å²) in [6, 6.07) is 26.6. The Kier molecular flexibility index (Phi) is 7.66. The molecule has 3 aromatic carbocycles. The summed E-state index contributed by atoms with van der Waals surface area (Å²) in [5.74, 6) is -0.637. The van der Waals surface area contributed by atoms with Gasteiger partial charge in [-0.05, 0) is 19.9 Å². The Balaban J connectivity index is 2.00. The molecule has 0 amide bonds. The second-order valence-corrected chi connectivity index (χ2v) is 7.00. The molecule has 31 heavy (non-hydrogen) atoms. The minimum Gasteiger partial charge on any atom is -0.461 e. The fourth-order valence-corrected chi connectivity index (χ4v) is 3.03. The van der Waals surface area contributed by atoms with E-state index in [1.54, 1.807) is 25.1 Å². The van der Waals surface area contributed by atoms with E-state index >= 15 is 0 Å². The van der Waals surface area contributed by atoms with E-state index < -0.39 is 5.97 Å². The van der Waals surface area contributed by atoms with Crippen molar-refractivity contribution >= 4 is 17.5 Å². The van der Waals surface area contributed by atoms with Crippen molar-refractivity contribution < 1.29 is 14.3 Å². The van der Waals surface area contributed by atoms with Crippen LogP contribution >= 0.6 is 0 Å². The number of allylic oxidation sites excluding steroid dienone is 1. The van der Waals surface area contributed by atoms with E-state index in [9.17, 15) is 9.59 Å². The monoisotopic (exact) mass is 411 g/mol. The molecule has 0 spiro atoms. The second-order valence-electron chi connectivity index (χ2n) is 7.00. The van der Waals surface area contributed by atoms with E-state index in [2.05, 4.69) is 4.99 Å². The summed E-state index contributed by atoms with van der Waals surface area (Å²) < 4.78 is 5.20. The maximum absolute atomic E-state index is 12.6. The van der Waals surface area contributed by atoms with Crippen LogP contribution in [0.4, 0.5) is 0 Å². The van der Waals surface area contributed by atoms with Crippen molar-refractivity contribution in [3.63, 3.8) is 0 Å². The lowest BCUT2D eigenvalue weighted by Gasteiger charge is -2.09. The van der Waals surface area contributed by atoms with Crippen LogP contribution in [0.3, 0.4) is 0 Å². The van der Waals surface area contributed by atoms with Crippen LogP contribution in [-0.2, 0) is 9.53 Å². The molecule has 0 aliphatic carbocycles. The number of Topliss-reactive ketones (excluding diaryl/α,β-unsaturated/α-hetero) is 1. The maximum atomic E-state index is 12.6. The number of benzene rings is 3. The molecule has 0 saturated carbocycles. The molecule has 0 fully saturated rings. The van der Waals surface area contributed by atoms with E-state index in [0.717, 1.165) is 16.7 Å². The highest BCUT2D eigenvalue weighted by Gasteiger charge is 2.15. The van der Waals surface area contributed by atoms with Crippen molar-refractivity contribution in [2.75, 3.05) is 6.61 Å². The molecule has 0 saturated heterocycles. The minimum atomic E-state index is -0.552. The predicted octanol–water partition coefficient (Wildman–Crippen LogP) is 5.55. The molecule has 0 unspecified atom stereocenters. The first-order chi connectivity index (χ1) is 15.1. The molecule has 4 heteroatoms. The van der Waals surface area contributed by atoms with Crippen LogP contribution in [0.1, 0.15) is 40.4 Å². The topological polar surface area (TPSA) is 55.7 Å². The number of rotatable bonds is 8. The molecule has 0 aliphatic rings. The molecule has 0 aromatic heterocycles. The van der Waals surface area contributed by atoms with Gasteiger partial charge in [0.1, 0.15) is 5.70 Å². The van der Waals surface area contributed by atoms with Gasteiger partial charge in [-0.3, -0.25) is 4.79 Å². The van der Waals surface area contributed by atoms with Crippen molar-refractivity contribution in [2.45, 2.75) is 20.3 Å². The van der Waals surface area contributed by atoms with Crippen molar-refractivity contribution in [2.24, 2.45) is 4.99 Å². The summed E-state index contributed by atoms with van der Waals surface area (Å²) in [7, 11) is 0. The standard InChI is InChI=1S/C27H25NO3/c1-3-31-27(30)24(18-19-25(29)21-16-14-20(2)15-17-21)28-26(22-10-6-4-7-11-22)23-12-8-5-9-13-23/h4-18H,3,19H2,1-2H3/b24-18+. The van der Waals surface area contributed by atoms with E-state index in [4.69, 9.17) is 4.74 Å². The number of hydrogen-bond acceptors (Lipinski definition) is 4. The predicted molar refractivity (Wildman–Crippen MR) is 123 cm³/mol. The van der Waals surface area contributed by atoms with Crippen LogP contribution < -0.4 is 0 Å². The summed E-state index contributed by atoms with van der Waals surface area (Å²) in [6.07, 6.45) is 1.60. The van der Waals surface area contributed by atoms with Gasteiger partial charge in [-0.15, -0.1) is 0 Å².